The SMILES string of the molecule is CN(C)c1ncccc1CNC(=O)NC1CCC2(CC1)CC2(F)F. The third kappa shape index (κ3) is 3.30. The van der Waals surface area contributed by atoms with Gasteiger partial charge in [0.2, 0.25) is 0 Å². The van der Waals surface area contributed by atoms with Gasteiger partial charge in [0.15, 0.2) is 0 Å². The number of nitrogens with one attached hydrogen (secondary N) is 2. The van der Waals surface area contributed by atoms with Crippen molar-refractivity contribution in [3.63, 3.8) is 0 Å². The van der Waals surface area contributed by atoms with Gasteiger partial charge in [-0.05, 0) is 31.7 Å². The minimum absolute atomic E-state index is 0.0192. The van der Waals surface area contributed by atoms with Crippen molar-refractivity contribution >= 4 is 11.8 Å². The molecular formula is C17H24F2N4O. The highest BCUT2D eigenvalue weighted by molar-refractivity contribution is 5.74. The Morgan fingerprint density at radius 3 is 2.62 bits per heavy atom. The molecule has 0 atom stereocenters. The van der Waals surface area contributed by atoms with Crippen LogP contribution in [0.5, 0.6) is 0 Å². The van der Waals surface area contributed by atoms with Gasteiger partial charge in [-0.15, -0.1) is 0 Å². The fourth-order valence-corrected chi connectivity index (χ4v) is 3.62. The van der Waals surface area contributed by atoms with Crippen LogP contribution in [0.1, 0.15) is 37.7 Å². The van der Waals surface area contributed by atoms with Gasteiger partial charge in [0, 0.05) is 50.3 Å². The molecule has 2 amide bonds. The van der Waals surface area contributed by atoms with Crippen LogP contribution in [0.25, 0.3) is 0 Å². The van der Waals surface area contributed by atoms with E-state index in [4.69, 9.17) is 0 Å². The second-order valence-corrected chi connectivity index (χ2v) is 7.14. The predicted molar refractivity (Wildman–Crippen MR) is 88.2 cm³/mol. The van der Waals surface area contributed by atoms with Gasteiger partial charge >= 0.3 is 6.03 Å². The first kappa shape index (κ1) is 16.9. The monoisotopic (exact) mass is 338 g/mol. The van der Waals surface area contributed by atoms with E-state index >= 15 is 0 Å². The second-order valence-electron chi connectivity index (χ2n) is 7.14. The minimum Gasteiger partial charge on any atom is -0.362 e. The van der Waals surface area contributed by atoms with Crippen LogP contribution in [-0.2, 0) is 6.54 Å². The normalized spacial score (nSPS) is 27.6. The third-order valence-electron chi connectivity index (χ3n) is 5.22. The van der Waals surface area contributed by atoms with Crippen molar-refractivity contribution in [3.05, 3.63) is 23.9 Å². The van der Waals surface area contributed by atoms with Gasteiger partial charge in [-0.25, -0.2) is 18.6 Å². The molecule has 0 aliphatic heterocycles. The molecule has 0 bridgehead atoms. The molecule has 2 aliphatic rings. The van der Waals surface area contributed by atoms with Crippen molar-refractivity contribution in [1.82, 2.24) is 15.6 Å². The maximum Gasteiger partial charge on any atom is 0.315 e. The molecule has 0 unspecified atom stereocenters. The largest absolute Gasteiger partial charge is 0.362 e. The van der Waals surface area contributed by atoms with Crippen molar-refractivity contribution < 1.29 is 13.6 Å². The number of nitrogens with zero attached hydrogens (tertiary/aromatic N) is 2. The van der Waals surface area contributed by atoms with E-state index in [9.17, 15) is 13.6 Å². The van der Waals surface area contributed by atoms with E-state index in [2.05, 4.69) is 15.6 Å². The van der Waals surface area contributed by atoms with E-state index < -0.39 is 11.3 Å². The summed E-state index contributed by atoms with van der Waals surface area (Å²) in [5.41, 5.74) is 0.163. The fraction of sp³-hybridized carbons (Fsp3) is 0.647. The Kier molecular flexibility index (Phi) is 4.36. The topological polar surface area (TPSA) is 57.3 Å². The Morgan fingerprint density at radius 2 is 2.04 bits per heavy atom. The third-order valence-corrected chi connectivity index (χ3v) is 5.22. The van der Waals surface area contributed by atoms with Gasteiger partial charge in [-0.3, -0.25) is 0 Å². The number of alkyl halides is 2. The van der Waals surface area contributed by atoms with Crippen molar-refractivity contribution in [2.24, 2.45) is 5.41 Å². The summed E-state index contributed by atoms with van der Waals surface area (Å²) in [4.78, 5) is 18.3. The molecule has 2 aliphatic carbocycles. The molecule has 24 heavy (non-hydrogen) atoms. The first-order chi connectivity index (χ1) is 11.3. The summed E-state index contributed by atoms with van der Waals surface area (Å²) >= 11 is 0. The molecule has 7 heteroatoms. The summed E-state index contributed by atoms with van der Waals surface area (Å²) in [6.07, 6.45) is 3.98. The lowest BCUT2D eigenvalue weighted by Gasteiger charge is -2.29. The maximum atomic E-state index is 13.4. The minimum atomic E-state index is -2.48. The Morgan fingerprint density at radius 1 is 1.38 bits per heavy atom. The maximum absolute atomic E-state index is 13.4. The van der Waals surface area contributed by atoms with Crippen LogP contribution >= 0.6 is 0 Å². The molecule has 5 nitrogen and oxygen atoms in total. The quantitative estimate of drug-likeness (QED) is 0.887. The number of anilines is 1. The average Bonchev–Trinajstić information content (AvgIpc) is 3.08. The standard InChI is InChI=1S/C17H24F2N4O/c1-23(2)14-12(4-3-9-20-14)10-21-15(24)22-13-5-7-16(8-6-13)11-17(16,18)19/h3-4,9,13H,5-8,10-11H2,1-2H3,(H2,21,22,24). The highest BCUT2D eigenvalue weighted by atomic mass is 19.3. The molecule has 132 valence electrons. The lowest BCUT2D eigenvalue weighted by Crippen LogP contribution is -2.44. The Labute approximate surface area is 140 Å². The van der Waals surface area contributed by atoms with E-state index in [0.29, 0.717) is 32.2 Å². The zero-order valence-electron chi connectivity index (χ0n) is 14.1. The number of urea groups is 1. The molecule has 1 heterocycles. The number of aromatic nitrogens is 1. The van der Waals surface area contributed by atoms with Gasteiger partial charge in [0.05, 0.1) is 0 Å². The number of pyridine rings is 1. The average molecular weight is 338 g/mol. The summed E-state index contributed by atoms with van der Waals surface area (Å²) in [6, 6.07) is 3.47. The fourth-order valence-electron chi connectivity index (χ4n) is 3.62. The summed E-state index contributed by atoms with van der Waals surface area (Å²) in [5, 5.41) is 5.73. The predicted octanol–water partition coefficient (Wildman–Crippen LogP) is 2.91. The number of carbonyl (C=O) groups excluding carboxylic acids is 1. The van der Waals surface area contributed by atoms with Crippen molar-refractivity contribution in [1.29, 1.82) is 0 Å². The zero-order chi connectivity index (χ0) is 17.4. The number of hydrogen-bond donors (Lipinski definition) is 2. The molecule has 2 saturated carbocycles. The molecule has 2 fully saturated rings. The van der Waals surface area contributed by atoms with Crippen LogP contribution < -0.4 is 15.5 Å². The van der Waals surface area contributed by atoms with Crippen molar-refractivity contribution in [2.75, 3.05) is 19.0 Å². The Balaban J connectivity index is 1.46. The molecule has 0 saturated heterocycles. The molecule has 0 radical (unpaired) electrons. The van der Waals surface area contributed by atoms with E-state index in [1.54, 1.807) is 6.20 Å². The van der Waals surface area contributed by atoms with Crippen LogP contribution in [0.2, 0.25) is 0 Å². The van der Waals surface area contributed by atoms with Gasteiger partial charge < -0.3 is 15.5 Å². The number of carbonyl (C=O) groups is 1. The van der Waals surface area contributed by atoms with E-state index in [-0.39, 0.29) is 18.5 Å². The summed E-state index contributed by atoms with van der Waals surface area (Å²) in [5.74, 6) is -1.67. The van der Waals surface area contributed by atoms with Crippen LogP contribution in [0.4, 0.5) is 19.4 Å². The lowest BCUT2D eigenvalue weighted by atomic mass is 9.83. The smallest absolute Gasteiger partial charge is 0.315 e. The van der Waals surface area contributed by atoms with Crippen LogP contribution in [-0.4, -0.2) is 37.1 Å². The summed E-state index contributed by atoms with van der Waals surface area (Å²) in [6.45, 7) is 0.377. The number of amides is 2. The van der Waals surface area contributed by atoms with Gasteiger partial charge in [-0.1, -0.05) is 6.07 Å². The highest BCUT2D eigenvalue weighted by Gasteiger charge is 2.70. The van der Waals surface area contributed by atoms with Gasteiger partial charge in [-0.2, -0.15) is 0 Å². The zero-order valence-corrected chi connectivity index (χ0v) is 14.1. The van der Waals surface area contributed by atoms with Crippen LogP contribution in [0.15, 0.2) is 18.3 Å². The van der Waals surface area contributed by atoms with Gasteiger partial charge in [0.25, 0.3) is 5.92 Å². The van der Waals surface area contributed by atoms with Gasteiger partial charge in [0.1, 0.15) is 5.82 Å². The molecule has 1 spiro atoms. The molecule has 1 aromatic heterocycles. The summed E-state index contributed by atoms with van der Waals surface area (Å²) < 4.78 is 26.7. The van der Waals surface area contributed by atoms with Crippen molar-refractivity contribution in [2.45, 2.75) is 50.6 Å². The van der Waals surface area contributed by atoms with Crippen LogP contribution in [0, 0.1) is 5.41 Å². The highest BCUT2D eigenvalue weighted by Crippen LogP contribution is 2.67. The molecule has 2 N–H and O–H groups in total. The second kappa shape index (κ2) is 6.18. The number of rotatable bonds is 4. The lowest BCUT2D eigenvalue weighted by molar-refractivity contribution is 0.0445. The first-order valence-corrected chi connectivity index (χ1v) is 8.36. The first-order valence-electron chi connectivity index (χ1n) is 8.36. The summed E-state index contributed by atoms with van der Waals surface area (Å²) in [7, 11) is 3.80. The van der Waals surface area contributed by atoms with E-state index in [0.717, 1.165) is 11.4 Å². The number of halogens is 2. The Bertz CT molecular complexity index is 612. The number of hydrogen-bond acceptors (Lipinski definition) is 3. The molecular weight excluding hydrogens is 314 g/mol. The molecule has 0 aromatic carbocycles. The van der Waals surface area contributed by atoms with Crippen molar-refractivity contribution in [3.8, 4) is 0 Å². The van der Waals surface area contributed by atoms with E-state index in [1.165, 1.54) is 0 Å². The van der Waals surface area contributed by atoms with E-state index in [1.807, 2.05) is 31.1 Å². The molecule has 3 rings (SSSR count). The Hall–Kier alpha value is -1.92. The van der Waals surface area contributed by atoms with Crippen LogP contribution in [0.3, 0.4) is 0 Å². The molecule has 1 aromatic rings.